The van der Waals surface area contributed by atoms with Crippen molar-refractivity contribution in [2.45, 2.75) is 6.42 Å². The smallest absolute Gasteiger partial charge is 0.248 e. The number of carbonyl (C=O) groups excluding carboxylic acids is 1. The van der Waals surface area contributed by atoms with E-state index in [0.717, 1.165) is 16.7 Å². The predicted molar refractivity (Wildman–Crippen MR) is 67.9 cm³/mol. The Morgan fingerprint density at radius 3 is 2.65 bits per heavy atom. The molecule has 0 saturated heterocycles. The van der Waals surface area contributed by atoms with Crippen LogP contribution in [-0.4, -0.2) is 23.7 Å². The predicted octanol–water partition coefficient (Wildman–Crippen LogP) is 2.41. The van der Waals surface area contributed by atoms with Gasteiger partial charge in [0.15, 0.2) is 0 Å². The lowest BCUT2D eigenvalue weighted by atomic mass is 10.00. The van der Waals surface area contributed by atoms with Crippen LogP contribution in [0.5, 0.6) is 0 Å². The molecule has 0 spiro atoms. The molecule has 2 aromatic rings. The van der Waals surface area contributed by atoms with Crippen LogP contribution in [-0.2, 0) is 4.79 Å². The van der Waals surface area contributed by atoms with E-state index >= 15 is 0 Å². The summed E-state index contributed by atoms with van der Waals surface area (Å²) in [6, 6.07) is 14.2. The Kier molecular flexibility index (Phi) is 2.18. The van der Waals surface area contributed by atoms with Crippen molar-refractivity contribution >= 4 is 22.4 Å². The largest absolute Gasteiger partial charge is 0.273 e. The minimum atomic E-state index is 0.0490. The minimum absolute atomic E-state index is 0.0490. The molecular weight excluding hydrogens is 212 g/mol. The molecule has 1 amide bonds. The molecule has 0 aliphatic carbocycles. The summed E-state index contributed by atoms with van der Waals surface area (Å²) in [5.74, 6) is 0.0490. The van der Waals surface area contributed by atoms with Crippen molar-refractivity contribution in [3.63, 3.8) is 0 Å². The highest BCUT2D eigenvalue weighted by atomic mass is 16.2. The van der Waals surface area contributed by atoms with Gasteiger partial charge in [-0.2, -0.15) is 5.10 Å². The lowest BCUT2D eigenvalue weighted by Crippen LogP contribution is -2.14. The number of carbonyl (C=O) groups is 1. The zero-order valence-corrected chi connectivity index (χ0v) is 9.55. The second-order valence-electron chi connectivity index (χ2n) is 4.17. The standard InChI is InChI=1S/C14H12N2O/c1-16-14(17)9-13(15-16)12-8-4-6-10-5-2-3-7-11(10)12/h2-8H,9H2,1H3. The van der Waals surface area contributed by atoms with E-state index in [1.54, 1.807) is 7.05 Å². The molecule has 3 rings (SSSR count). The van der Waals surface area contributed by atoms with Gasteiger partial charge in [-0.25, -0.2) is 5.01 Å². The van der Waals surface area contributed by atoms with E-state index in [1.807, 2.05) is 24.3 Å². The quantitative estimate of drug-likeness (QED) is 0.732. The van der Waals surface area contributed by atoms with E-state index in [9.17, 15) is 4.79 Å². The third kappa shape index (κ3) is 1.60. The molecule has 3 nitrogen and oxygen atoms in total. The van der Waals surface area contributed by atoms with Gasteiger partial charge in [0.05, 0.1) is 12.1 Å². The molecule has 17 heavy (non-hydrogen) atoms. The average Bonchev–Trinajstić information content (AvgIpc) is 2.69. The first-order chi connectivity index (χ1) is 8.25. The van der Waals surface area contributed by atoms with Crippen LogP contribution in [0.3, 0.4) is 0 Å². The van der Waals surface area contributed by atoms with Gasteiger partial charge in [0.25, 0.3) is 0 Å². The van der Waals surface area contributed by atoms with Crippen LogP contribution in [0, 0.1) is 0 Å². The van der Waals surface area contributed by atoms with Gasteiger partial charge >= 0.3 is 0 Å². The highest BCUT2D eigenvalue weighted by Crippen LogP contribution is 2.22. The fourth-order valence-electron chi connectivity index (χ4n) is 2.16. The van der Waals surface area contributed by atoms with Gasteiger partial charge in [0, 0.05) is 12.6 Å². The summed E-state index contributed by atoms with van der Waals surface area (Å²) in [7, 11) is 1.69. The molecule has 1 aliphatic heterocycles. The first-order valence-corrected chi connectivity index (χ1v) is 5.58. The topological polar surface area (TPSA) is 32.7 Å². The van der Waals surface area contributed by atoms with Crippen molar-refractivity contribution < 1.29 is 4.79 Å². The van der Waals surface area contributed by atoms with Crippen LogP contribution < -0.4 is 0 Å². The van der Waals surface area contributed by atoms with Crippen LogP contribution in [0.15, 0.2) is 47.6 Å². The summed E-state index contributed by atoms with van der Waals surface area (Å²) in [5, 5.41) is 8.03. The minimum Gasteiger partial charge on any atom is -0.273 e. The Balaban J connectivity index is 2.19. The fourth-order valence-corrected chi connectivity index (χ4v) is 2.16. The molecular formula is C14H12N2O. The number of fused-ring (bicyclic) bond motifs is 1. The summed E-state index contributed by atoms with van der Waals surface area (Å²) in [4.78, 5) is 11.5. The van der Waals surface area contributed by atoms with Crippen molar-refractivity contribution in [3.05, 3.63) is 48.0 Å². The summed E-state index contributed by atoms with van der Waals surface area (Å²) in [6.07, 6.45) is 0.393. The lowest BCUT2D eigenvalue weighted by molar-refractivity contribution is -0.127. The Labute approximate surface area is 99.4 Å². The average molecular weight is 224 g/mol. The van der Waals surface area contributed by atoms with Crippen LogP contribution in [0.2, 0.25) is 0 Å². The number of benzene rings is 2. The van der Waals surface area contributed by atoms with E-state index in [0.29, 0.717) is 6.42 Å². The first kappa shape index (κ1) is 10.0. The lowest BCUT2D eigenvalue weighted by Gasteiger charge is -2.04. The summed E-state index contributed by atoms with van der Waals surface area (Å²) >= 11 is 0. The molecule has 0 N–H and O–H groups in total. The van der Waals surface area contributed by atoms with Crippen molar-refractivity contribution in [1.82, 2.24) is 5.01 Å². The van der Waals surface area contributed by atoms with Crippen molar-refractivity contribution in [2.75, 3.05) is 7.05 Å². The number of hydrogen-bond acceptors (Lipinski definition) is 2. The third-order valence-corrected chi connectivity index (χ3v) is 3.05. The van der Waals surface area contributed by atoms with E-state index in [2.05, 4.69) is 23.3 Å². The molecule has 0 aromatic heterocycles. The molecule has 2 aromatic carbocycles. The highest BCUT2D eigenvalue weighted by molar-refractivity contribution is 6.18. The SMILES string of the molecule is CN1N=C(c2cccc3ccccc23)CC1=O. The molecule has 0 fully saturated rings. The maximum absolute atomic E-state index is 11.5. The number of hydrogen-bond donors (Lipinski definition) is 0. The monoisotopic (exact) mass is 224 g/mol. The second-order valence-corrected chi connectivity index (χ2v) is 4.17. The van der Waals surface area contributed by atoms with Crippen LogP contribution in [0.4, 0.5) is 0 Å². The van der Waals surface area contributed by atoms with E-state index in [4.69, 9.17) is 0 Å². The van der Waals surface area contributed by atoms with Crippen LogP contribution in [0.25, 0.3) is 10.8 Å². The maximum atomic E-state index is 11.5. The number of amides is 1. The Hall–Kier alpha value is -2.16. The van der Waals surface area contributed by atoms with Crippen LogP contribution in [0.1, 0.15) is 12.0 Å². The summed E-state index contributed by atoms with van der Waals surface area (Å²) in [6.45, 7) is 0. The van der Waals surface area contributed by atoms with E-state index in [1.165, 1.54) is 10.4 Å². The maximum Gasteiger partial charge on any atom is 0.248 e. The van der Waals surface area contributed by atoms with Gasteiger partial charge < -0.3 is 0 Å². The van der Waals surface area contributed by atoms with E-state index < -0.39 is 0 Å². The first-order valence-electron chi connectivity index (χ1n) is 5.58. The van der Waals surface area contributed by atoms with Crippen molar-refractivity contribution in [3.8, 4) is 0 Å². The number of rotatable bonds is 1. The van der Waals surface area contributed by atoms with Crippen LogP contribution >= 0.6 is 0 Å². The van der Waals surface area contributed by atoms with Gasteiger partial charge in [-0.1, -0.05) is 42.5 Å². The molecule has 0 bridgehead atoms. The zero-order valence-electron chi connectivity index (χ0n) is 9.55. The molecule has 1 aliphatic rings. The van der Waals surface area contributed by atoms with E-state index in [-0.39, 0.29) is 5.91 Å². The zero-order chi connectivity index (χ0) is 11.8. The Morgan fingerprint density at radius 1 is 1.12 bits per heavy atom. The summed E-state index contributed by atoms with van der Waals surface area (Å²) in [5.41, 5.74) is 1.91. The molecule has 0 unspecified atom stereocenters. The third-order valence-electron chi connectivity index (χ3n) is 3.05. The summed E-state index contributed by atoms with van der Waals surface area (Å²) < 4.78 is 0. The van der Waals surface area contributed by atoms with Crippen molar-refractivity contribution in [1.29, 1.82) is 0 Å². The molecule has 0 saturated carbocycles. The molecule has 0 radical (unpaired) electrons. The van der Waals surface area contributed by atoms with Gasteiger partial charge in [-0.3, -0.25) is 4.79 Å². The second kappa shape index (κ2) is 3.70. The van der Waals surface area contributed by atoms with Gasteiger partial charge in [0.2, 0.25) is 5.91 Å². The van der Waals surface area contributed by atoms with Gasteiger partial charge in [-0.05, 0) is 10.8 Å². The molecule has 3 heteroatoms. The molecule has 84 valence electrons. The highest BCUT2D eigenvalue weighted by Gasteiger charge is 2.22. The molecule has 1 heterocycles. The number of nitrogens with zero attached hydrogens (tertiary/aromatic N) is 2. The van der Waals surface area contributed by atoms with Crippen molar-refractivity contribution in [2.24, 2.45) is 5.10 Å². The van der Waals surface area contributed by atoms with Gasteiger partial charge in [-0.15, -0.1) is 0 Å². The normalized spacial score (nSPS) is 15.5. The number of hydrazone groups is 1. The van der Waals surface area contributed by atoms with Gasteiger partial charge in [0.1, 0.15) is 0 Å². The Bertz CT molecular complexity index is 626. The molecule has 0 atom stereocenters. The Morgan fingerprint density at radius 2 is 1.88 bits per heavy atom. The fraction of sp³-hybridized carbons (Fsp3) is 0.143.